The number of hydrogen-bond donors (Lipinski definition) is 1. The van der Waals surface area contributed by atoms with E-state index in [-0.39, 0.29) is 6.61 Å². The topological polar surface area (TPSA) is 71.3 Å². The van der Waals surface area contributed by atoms with Crippen molar-refractivity contribution in [2.75, 3.05) is 6.61 Å². The molecule has 6 heteroatoms. The fourth-order valence-electron chi connectivity index (χ4n) is 1.79. The molecule has 1 aromatic carbocycles. The summed E-state index contributed by atoms with van der Waals surface area (Å²) in [5.74, 6) is 0.603. The molecule has 5 nitrogen and oxygen atoms in total. The molecule has 1 aliphatic rings. The highest BCUT2D eigenvalue weighted by atomic mass is 79.9. The van der Waals surface area contributed by atoms with Crippen LogP contribution in [0.2, 0.25) is 0 Å². The number of halogens is 1. The van der Waals surface area contributed by atoms with Gasteiger partial charge in [-0.05, 0) is 25.1 Å². The fraction of sp³-hybridized carbons (Fsp3) is 0.333. The first-order valence-electron chi connectivity index (χ1n) is 5.44. The molecule has 0 saturated heterocycles. The number of hydrogen-bond acceptors (Lipinski definition) is 4. The number of fused-ring (bicyclic) bond motifs is 1. The van der Waals surface area contributed by atoms with Gasteiger partial charge in [0.05, 0.1) is 6.61 Å². The standard InChI is InChI=1S/C12H11BrN2O3/c1-2-17-12(16)15-11-8-5-7(13)3-4-9(8)18-10(11)6-14/h3-5,10-11H,2H2,1H3,(H,15,16). The molecule has 1 amide bonds. The SMILES string of the molecule is CCOC(=O)NC1c2cc(Br)ccc2OC1C#N. The predicted molar refractivity (Wildman–Crippen MR) is 67.1 cm³/mol. The van der Waals surface area contributed by atoms with Gasteiger partial charge in [0.1, 0.15) is 17.9 Å². The molecule has 2 rings (SSSR count). The summed E-state index contributed by atoms with van der Waals surface area (Å²) in [6.07, 6.45) is -1.29. The second-order valence-electron chi connectivity index (χ2n) is 3.69. The molecule has 1 aliphatic heterocycles. The molecule has 0 bridgehead atoms. The number of alkyl carbamates (subject to hydrolysis) is 1. The molecule has 94 valence electrons. The van der Waals surface area contributed by atoms with E-state index in [1.165, 1.54) is 0 Å². The summed E-state index contributed by atoms with van der Waals surface area (Å²) in [4.78, 5) is 11.4. The van der Waals surface area contributed by atoms with E-state index in [9.17, 15) is 4.79 Å². The first-order chi connectivity index (χ1) is 8.65. The van der Waals surface area contributed by atoms with Crippen LogP contribution in [0.1, 0.15) is 18.5 Å². The predicted octanol–water partition coefficient (Wildman–Crippen LogP) is 2.52. The van der Waals surface area contributed by atoms with E-state index in [4.69, 9.17) is 14.7 Å². The minimum absolute atomic E-state index is 0.280. The zero-order valence-electron chi connectivity index (χ0n) is 9.64. The lowest BCUT2D eigenvalue weighted by atomic mass is 10.0. The number of ether oxygens (including phenoxy) is 2. The molecular weight excluding hydrogens is 300 g/mol. The van der Waals surface area contributed by atoms with Gasteiger partial charge in [-0.15, -0.1) is 0 Å². The first-order valence-corrected chi connectivity index (χ1v) is 6.24. The van der Waals surface area contributed by atoms with Crippen LogP contribution in [0.15, 0.2) is 22.7 Å². The lowest BCUT2D eigenvalue weighted by Gasteiger charge is -2.14. The van der Waals surface area contributed by atoms with E-state index < -0.39 is 18.2 Å². The van der Waals surface area contributed by atoms with Crippen molar-refractivity contribution < 1.29 is 14.3 Å². The molecule has 0 aromatic heterocycles. The van der Waals surface area contributed by atoms with Crippen molar-refractivity contribution in [3.8, 4) is 11.8 Å². The molecule has 0 fully saturated rings. The number of benzene rings is 1. The smallest absolute Gasteiger partial charge is 0.407 e. The number of amides is 1. The van der Waals surface area contributed by atoms with Crippen molar-refractivity contribution in [1.29, 1.82) is 5.26 Å². The Morgan fingerprint density at radius 1 is 1.67 bits per heavy atom. The maximum Gasteiger partial charge on any atom is 0.407 e. The molecular formula is C12H11BrN2O3. The maximum atomic E-state index is 11.4. The van der Waals surface area contributed by atoms with Gasteiger partial charge in [-0.25, -0.2) is 4.79 Å². The van der Waals surface area contributed by atoms with E-state index in [1.54, 1.807) is 13.0 Å². The van der Waals surface area contributed by atoms with Gasteiger partial charge in [0.25, 0.3) is 0 Å². The minimum Gasteiger partial charge on any atom is -0.473 e. The Bertz CT molecular complexity index is 513. The van der Waals surface area contributed by atoms with Crippen LogP contribution >= 0.6 is 15.9 Å². The zero-order chi connectivity index (χ0) is 13.1. The fourth-order valence-corrected chi connectivity index (χ4v) is 2.17. The van der Waals surface area contributed by atoms with Crippen LogP contribution in [0.5, 0.6) is 5.75 Å². The average Bonchev–Trinajstić information content (AvgIpc) is 2.67. The summed E-state index contributed by atoms with van der Waals surface area (Å²) in [6, 6.07) is 6.91. The molecule has 0 saturated carbocycles. The Morgan fingerprint density at radius 2 is 2.44 bits per heavy atom. The highest BCUT2D eigenvalue weighted by Crippen LogP contribution is 2.38. The van der Waals surface area contributed by atoms with Gasteiger partial charge in [0, 0.05) is 10.0 Å². The molecule has 1 N–H and O–H groups in total. The van der Waals surface area contributed by atoms with Crippen molar-refractivity contribution in [1.82, 2.24) is 5.32 Å². The summed E-state index contributed by atoms with van der Waals surface area (Å²) < 4.78 is 11.1. The molecule has 1 aromatic rings. The Hall–Kier alpha value is -1.74. The first kappa shape index (κ1) is 12.7. The van der Waals surface area contributed by atoms with Gasteiger partial charge in [0.2, 0.25) is 6.10 Å². The molecule has 2 unspecified atom stereocenters. The summed E-state index contributed by atoms with van der Waals surface area (Å²) in [5.41, 5.74) is 0.768. The molecule has 0 spiro atoms. The van der Waals surface area contributed by atoms with Crippen molar-refractivity contribution in [2.45, 2.75) is 19.1 Å². The number of nitrogens with one attached hydrogen (secondary N) is 1. The highest BCUT2D eigenvalue weighted by molar-refractivity contribution is 9.10. The Morgan fingerprint density at radius 3 is 3.11 bits per heavy atom. The van der Waals surface area contributed by atoms with Gasteiger partial charge in [0.15, 0.2) is 0 Å². The Balaban J connectivity index is 2.25. The van der Waals surface area contributed by atoms with Crippen molar-refractivity contribution in [3.63, 3.8) is 0 Å². The van der Waals surface area contributed by atoms with Gasteiger partial charge in [-0.2, -0.15) is 5.26 Å². The van der Waals surface area contributed by atoms with Crippen LogP contribution in [0.4, 0.5) is 4.79 Å². The third kappa shape index (κ3) is 2.41. The summed E-state index contributed by atoms with van der Waals surface area (Å²) in [5, 5.41) is 11.7. The number of nitrogens with zero attached hydrogens (tertiary/aromatic N) is 1. The summed E-state index contributed by atoms with van der Waals surface area (Å²) >= 11 is 3.35. The van der Waals surface area contributed by atoms with Crippen LogP contribution in [0.25, 0.3) is 0 Å². The van der Waals surface area contributed by atoms with Gasteiger partial charge >= 0.3 is 6.09 Å². The van der Waals surface area contributed by atoms with Crippen molar-refractivity contribution in [3.05, 3.63) is 28.2 Å². The molecule has 2 atom stereocenters. The lowest BCUT2D eigenvalue weighted by molar-refractivity contribution is 0.141. The van der Waals surface area contributed by atoms with Crippen LogP contribution in [-0.4, -0.2) is 18.8 Å². The van der Waals surface area contributed by atoms with Crippen LogP contribution in [0.3, 0.4) is 0 Å². The second kappa shape index (κ2) is 5.27. The van der Waals surface area contributed by atoms with Crippen LogP contribution in [0, 0.1) is 11.3 Å². The number of carbonyl (C=O) groups excluding carboxylic acids is 1. The maximum absolute atomic E-state index is 11.4. The molecule has 0 aliphatic carbocycles. The third-order valence-electron chi connectivity index (χ3n) is 2.54. The molecule has 1 heterocycles. The lowest BCUT2D eigenvalue weighted by Crippen LogP contribution is -2.35. The zero-order valence-corrected chi connectivity index (χ0v) is 11.2. The number of carbonyl (C=O) groups is 1. The highest BCUT2D eigenvalue weighted by Gasteiger charge is 2.36. The van der Waals surface area contributed by atoms with Crippen LogP contribution in [-0.2, 0) is 4.74 Å². The van der Waals surface area contributed by atoms with Crippen molar-refractivity contribution in [2.24, 2.45) is 0 Å². The van der Waals surface area contributed by atoms with Gasteiger partial charge in [-0.1, -0.05) is 15.9 Å². The van der Waals surface area contributed by atoms with E-state index in [2.05, 4.69) is 21.2 Å². The Kier molecular flexibility index (Phi) is 3.72. The largest absolute Gasteiger partial charge is 0.473 e. The van der Waals surface area contributed by atoms with Gasteiger partial charge in [-0.3, -0.25) is 0 Å². The molecule has 18 heavy (non-hydrogen) atoms. The average molecular weight is 311 g/mol. The third-order valence-corrected chi connectivity index (χ3v) is 3.03. The normalized spacial score (nSPS) is 20.5. The quantitative estimate of drug-likeness (QED) is 0.911. The summed E-state index contributed by atoms with van der Waals surface area (Å²) in [6.45, 7) is 2.00. The number of nitriles is 1. The van der Waals surface area contributed by atoms with E-state index in [0.29, 0.717) is 5.75 Å². The van der Waals surface area contributed by atoms with Gasteiger partial charge < -0.3 is 14.8 Å². The molecule has 0 radical (unpaired) electrons. The summed E-state index contributed by atoms with van der Waals surface area (Å²) in [7, 11) is 0. The monoisotopic (exact) mass is 310 g/mol. The Labute approximate surface area is 113 Å². The van der Waals surface area contributed by atoms with E-state index in [1.807, 2.05) is 18.2 Å². The van der Waals surface area contributed by atoms with Crippen LogP contribution < -0.4 is 10.1 Å². The minimum atomic E-state index is -0.737. The van der Waals surface area contributed by atoms with Crippen molar-refractivity contribution >= 4 is 22.0 Å². The number of rotatable bonds is 2. The second-order valence-corrected chi connectivity index (χ2v) is 4.61. The van der Waals surface area contributed by atoms with E-state index >= 15 is 0 Å². The van der Waals surface area contributed by atoms with E-state index in [0.717, 1.165) is 10.0 Å².